The molecule has 3 rings (SSSR count). The van der Waals surface area contributed by atoms with Gasteiger partial charge in [0.2, 0.25) is 0 Å². The van der Waals surface area contributed by atoms with Crippen molar-refractivity contribution in [1.29, 1.82) is 0 Å². The predicted molar refractivity (Wildman–Crippen MR) is 99.5 cm³/mol. The molecule has 25 heavy (non-hydrogen) atoms. The number of hydrogen-bond donors (Lipinski definition) is 1. The van der Waals surface area contributed by atoms with Crippen LogP contribution in [0, 0.1) is 6.92 Å². The molecule has 1 N–H and O–H groups in total. The Labute approximate surface area is 150 Å². The summed E-state index contributed by atoms with van der Waals surface area (Å²) in [5.41, 5.74) is 1.60. The number of hydrogen-bond acceptors (Lipinski definition) is 4. The Balaban J connectivity index is 1.98. The standard InChI is InChI=1S/C19H16N2O3S/c1-3-9-21-18(23)15(17(22)20-19(21)25)10-14-11-16(24-12(14)2)13-7-5-4-6-8-13/h3-8,10-11H,1,9H2,2H3,(H,20,22,25). The van der Waals surface area contributed by atoms with Gasteiger partial charge in [0.25, 0.3) is 11.8 Å². The molecule has 0 saturated carbocycles. The number of amides is 2. The van der Waals surface area contributed by atoms with Gasteiger partial charge in [-0.3, -0.25) is 19.8 Å². The highest BCUT2D eigenvalue weighted by Gasteiger charge is 2.32. The molecule has 0 bridgehead atoms. The summed E-state index contributed by atoms with van der Waals surface area (Å²) >= 11 is 5.04. The van der Waals surface area contributed by atoms with Crippen LogP contribution in [0.1, 0.15) is 11.3 Å². The van der Waals surface area contributed by atoms with Crippen molar-refractivity contribution >= 4 is 35.2 Å². The highest BCUT2D eigenvalue weighted by molar-refractivity contribution is 7.80. The molecule has 1 saturated heterocycles. The zero-order chi connectivity index (χ0) is 18.0. The van der Waals surface area contributed by atoms with Crippen LogP contribution in [0.25, 0.3) is 17.4 Å². The van der Waals surface area contributed by atoms with E-state index in [1.807, 2.05) is 36.4 Å². The van der Waals surface area contributed by atoms with E-state index in [-0.39, 0.29) is 17.2 Å². The van der Waals surface area contributed by atoms with Gasteiger partial charge < -0.3 is 4.42 Å². The van der Waals surface area contributed by atoms with Crippen molar-refractivity contribution in [2.24, 2.45) is 0 Å². The molecule has 0 atom stereocenters. The van der Waals surface area contributed by atoms with E-state index >= 15 is 0 Å². The van der Waals surface area contributed by atoms with E-state index in [1.54, 1.807) is 13.0 Å². The monoisotopic (exact) mass is 352 g/mol. The zero-order valence-electron chi connectivity index (χ0n) is 13.6. The van der Waals surface area contributed by atoms with Crippen LogP contribution in [0.3, 0.4) is 0 Å². The number of thiocarbonyl (C=S) groups is 1. The van der Waals surface area contributed by atoms with Crippen LogP contribution >= 0.6 is 12.2 Å². The van der Waals surface area contributed by atoms with E-state index in [4.69, 9.17) is 16.6 Å². The summed E-state index contributed by atoms with van der Waals surface area (Å²) in [7, 11) is 0. The number of rotatable bonds is 4. The van der Waals surface area contributed by atoms with Crippen LogP contribution in [0.2, 0.25) is 0 Å². The zero-order valence-corrected chi connectivity index (χ0v) is 14.4. The lowest BCUT2D eigenvalue weighted by Gasteiger charge is -2.27. The van der Waals surface area contributed by atoms with Gasteiger partial charge in [0.1, 0.15) is 17.1 Å². The molecule has 2 amide bonds. The molecule has 126 valence electrons. The molecule has 1 aromatic carbocycles. The van der Waals surface area contributed by atoms with Gasteiger partial charge in [0.05, 0.1) is 0 Å². The van der Waals surface area contributed by atoms with E-state index < -0.39 is 11.8 Å². The number of furan rings is 1. The Morgan fingerprint density at radius 3 is 2.68 bits per heavy atom. The normalized spacial score (nSPS) is 16.3. The minimum atomic E-state index is -0.517. The first-order chi connectivity index (χ1) is 12.0. The summed E-state index contributed by atoms with van der Waals surface area (Å²) < 4.78 is 5.77. The number of nitrogens with zero attached hydrogens (tertiary/aromatic N) is 1. The third-order valence-corrected chi connectivity index (χ3v) is 4.13. The summed E-state index contributed by atoms with van der Waals surface area (Å²) in [6.45, 7) is 5.62. The average molecular weight is 352 g/mol. The average Bonchev–Trinajstić information content (AvgIpc) is 2.97. The van der Waals surface area contributed by atoms with Crippen LogP contribution in [0.15, 0.2) is 59.0 Å². The third-order valence-electron chi connectivity index (χ3n) is 3.81. The lowest BCUT2D eigenvalue weighted by molar-refractivity contribution is -0.128. The Morgan fingerprint density at radius 1 is 1.28 bits per heavy atom. The van der Waals surface area contributed by atoms with Gasteiger partial charge >= 0.3 is 0 Å². The van der Waals surface area contributed by atoms with E-state index in [1.165, 1.54) is 11.0 Å². The highest BCUT2D eigenvalue weighted by Crippen LogP contribution is 2.27. The summed E-state index contributed by atoms with van der Waals surface area (Å²) in [6.07, 6.45) is 3.08. The first-order valence-electron chi connectivity index (χ1n) is 7.67. The quantitative estimate of drug-likeness (QED) is 0.398. The molecule has 2 aromatic rings. The van der Waals surface area contributed by atoms with Crippen molar-refractivity contribution < 1.29 is 14.0 Å². The maximum absolute atomic E-state index is 12.6. The minimum absolute atomic E-state index is 0.0129. The Kier molecular flexibility index (Phi) is 4.63. The lowest BCUT2D eigenvalue weighted by Crippen LogP contribution is -2.53. The van der Waals surface area contributed by atoms with Crippen molar-refractivity contribution in [1.82, 2.24) is 10.2 Å². The Morgan fingerprint density at radius 2 is 2.00 bits per heavy atom. The molecule has 1 fully saturated rings. The van der Waals surface area contributed by atoms with Crippen LogP contribution < -0.4 is 5.32 Å². The van der Waals surface area contributed by atoms with Crippen molar-refractivity contribution in [3.05, 3.63) is 65.9 Å². The maximum Gasteiger partial charge on any atom is 0.265 e. The number of benzene rings is 1. The van der Waals surface area contributed by atoms with Gasteiger partial charge in [0.15, 0.2) is 5.11 Å². The molecule has 0 spiro atoms. The highest BCUT2D eigenvalue weighted by atomic mass is 32.1. The fourth-order valence-electron chi connectivity index (χ4n) is 2.53. The molecule has 0 aliphatic carbocycles. The topological polar surface area (TPSA) is 62.6 Å². The first-order valence-corrected chi connectivity index (χ1v) is 8.07. The second kappa shape index (κ2) is 6.86. The van der Waals surface area contributed by atoms with E-state index in [0.29, 0.717) is 17.1 Å². The van der Waals surface area contributed by atoms with Crippen molar-refractivity contribution in [2.75, 3.05) is 6.54 Å². The van der Waals surface area contributed by atoms with E-state index in [2.05, 4.69) is 11.9 Å². The molecule has 1 aliphatic heterocycles. The van der Waals surface area contributed by atoms with Gasteiger partial charge in [-0.05, 0) is 31.3 Å². The van der Waals surface area contributed by atoms with E-state index in [0.717, 1.165) is 5.56 Å². The maximum atomic E-state index is 12.6. The van der Waals surface area contributed by atoms with Gasteiger partial charge in [-0.2, -0.15) is 0 Å². The summed E-state index contributed by atoms with van der Waals surface area (Å²) in [5, 5.41) is 2.61. The van der Waals surface area contributed by atoms with E-state index in [9.17, 15) is 9.59 Å². The fourth-order valence-corrected chi connectivity index (χ4v) is 2.78. The Hall–Kier alpha value is -2.99. The van der Waals surface area contributed by atoms with Crippen molar-refractivity contribution in [3.8, 4) is 11.3 Å². The number of carbonyl (C=O) groups is 2. The van der Waals surface area contributed by atoms with Gasteiger partial charge in [0, 0.05) is 17.7 Å². The summed E-state index contributed by atoms with van der Waals surface area (Å²) in [4.78, 5) is 26.0. The smallest absolute Gasteiger partial charge is 0.265 e. The fraction of sp³-hybridized carbons (Fsp3) is 0.105. The summed E-state index contributed by atoms with van der Waals surface area (Å²) in [5.74, 6) is 0.329. The second-order valence-electron chi connectivity index (χ2n) is 5.51. The van der Waals surface area contributed by atoms with Gasteiger partial charge in [-0.1, -0.05) is 36.4 Å². The minimum Gasteiger partial charge on any atom is -0.461 e. The number of carbonyl (C=O) groups excluding carboxylic acids is 2. The van der Waals surface area contributed by atoms with Crippen molar-refractivity contribution in [3.63, 3.8) is 0 Å². The van der Waals surface area contributed by atoms with Gasteiger partial charge in [-0.25, -0.2) is 0 Å². The number of aryl methyl sites for hydroxylation is 1. The molecule has 6 heteroatoms. The van der Waals surface area contributed by atoms with Crippen LogP contribution in [0.5, 0.6) is 0 Å². The SMILES string of the molecule is C=CCN1C(=O)C(=Cc2cc(-c3ccccc3)oc2C)C(=O)NC1=S. The van der Waals surface area contributed by atoms with Crippen molar-refractivity contribution in [2.45, 2.75) is 6.92 Å². The first kappa shape index (κ1) is 16.9. The third kappa shape index (κ3) is 3.29. The largest absolute Gasteiger partial charge is 0.461 e. The number of nitrogens with one attached hydrogen (secondary N) is 1. The molecule has 1 aliphatic rings. The Bertz CT molecular complexity index is 897. The molecular weight excluding hydrogens is 336 g/mol. The van der Waals surface area contributed by atoms with Gasteiger partial charge in [-0.15, -0.1) is 6.58 Å². The molecular formula is C19H16N2O3S. The second-order valence-corrected chi connectivity index (χ2v) is 5.90. The predicted octanol–water partition coefficient (Wildman–Crippen LogP) is 3.07. The molecule has 5 nitrogen and oxygen atoms in total. The molecule has 2 heterocycles. The molecule has 0 unspecified atom stereocenters. The van der Waals surface area contributed by atoms with Crippen LogP contribution in [0.4, 0.5) is 0 Å². The van der Waals surface area contributed by atoms with Crippen LogP contribution in [-0.4, -0.2) is 28.4 Å². The molecule has 1 aromatic heterocycles. The lowest BCUT2D eigenvalue weighted by atomic mass is 10.1. The van der Waals surface area contributed by atoms with Crippen LogP contribution in [-0.2, 0) is 9.59 Å². The molecule has 0 radical (unpaired) electrons. The summed E-state index contributed by atoms with van der Waals surface area (Å²) in [6, 6.07) is 11.4.